The Morgan fingerprint density at radius 3 is 2.72 bits per heavy atom. The van der Waals surface area contributed by atoms with Gasteiger partial charge in [-0.1, -0.05) is 32.4 Å². The van der Waals surface area contributed by atoms with Gasteiger partial charge in [-0.3, -0.25) is 0 Å². The number of para-hydroxylation sites is 1. The first kappa shape index (κ1) is 14.6. The Morgan fingerprint density at radius 2 is 2.06 bits per heavy atom. The Balaban J connectivity index is 2.67. The number of rotatable bonds is 7. The SMILES string of the molecule is CCCC(C)CNc1ccccc1C(=O)OCC. The maximum atomic E-state index is 11.8. The molecule has 1 N–H and O–H groups in total. The smallest absolute Gasteiger partial charge is 0.340 e. The average Bonchev–Trinajstić information content (AvgIpc) is 2.37. The molecule has 0 heterocycles. The third-order valence-electron chi connectivity index (χ3n) is 2.84. The molecule has 0 aliphatic heterocycles. The number of anilines is 1. The van der Waals surface area contributed by atoms with E-state index >= 15 is 0 Å². The van der Waals surface area contributed by atoms with Crippen LogP contribution in [-0.2, 0) is 4.74 Å². The zero-order valence-electron chi connectivity index (χ0n) is 11.5. The summed E-state index contributed by atoms with van der Waals surface area (Å²) in [5.41, 5.74) is 1.47. The molecule has 0 spiro atoms. The normalized spacial score (nSPS) is 11.9. The topological polar surface area (TPSA) is 38.3 Å². The molecule has 0 radical (unpaired) electrons. The first-order valence-corrected chi connectivity index (χ1v) is 6.69. The zero-order valence-corrected chi connectivity index (χ0v) is 11.5. The molecular formula is C15H23NO2. The van der Waals surface area contributed by atoms with Crippen molar-refractivity contribution in [2.24, 2.45) is 5.92 Å². The molecule has 0 amide bonds. The summed E-state index contributed by atoms with van der Waals surface area (Å²) in [6.45, 7) is 7.49. The van der Waals surface area contributed by atoms with Gasteiger partial charge in [0.25, 0.3) is 0 Å². The number of carbonyl (C=O) groups is 1. The van der Waals surface area contributed by atoms with Crippen molar-refractivity contribution in [1.82, 2.24) is 0 Å². The highest BCUT2D eigenvalue weighted by Crippen LogP contribution is 2.17. The Kier molecular flexibility index (Phi) is 6.26. The maximum Gasteiger partial charge on any atom is 0.340 e. The third kappa shape index (κ3) is 4.40. The van der Waals surface area contributed by atoms with E-state index in [0.29, 0.717) is 18.1 Å². The molecule has 18 heavy (non-hydrogen) atoms. The van der Waals surface area contributed by atoms with E-state index in [1.165, 1.54) is 12.8 Å². The number of carbonyl (C=O) groups excluding carboxylic acids is 1. The molecule has 0 saturated heterocycles. The van der Waals surface area contributed by atoms with Gasteiger partial charge in [-0.15, -0.1) is 0 Å². The minimum absolute atomic E-state index is 0.260. The second-order valence-corrected chi connectivity index (χ2v) is 4.54. The monoisotopic (exact) mass is 249 g/mol. The van der Waals surface area contributed by atoms with E-state index in [-0.39, 0.29) is 5.97 Å². The van der Waals surface area contributed by atoms with Crippen LogP contribution < -0.4 is 5.32 Å². The highest BCUT2D eigenvalue weighted by Gasteiger charge is 2.11. The van der Waals surface area contributed by atoms with Gasteiger partial charge in [-0.05, 0) is 31.4 Å². The van der Waals surface area contributed by atoms with Crippen molar-refractivity contribution in [2.45, 2.75) is 33.6 Å². The van der Waals surface area contributed by atoms with Gasteiger partial charge in [0.1, 0.15) is 0 Å². The number of hydrogen-bond acceptors (Lipinski definition) is 3. The molecule has 1 atom stereocenters. The van der Waals surface area contributed by atoms with Crippen LogP contribution in [0.15, 0.2) is 24.3 Å². The predicted octanol–water partition coefficient (Wildman–Crippen LogP) is 3.71. The van der Waals surface area contributed by atoms with E-state index in [4.69, 9.17) is 4.74 Å². The van der Waals surface area contributed by atoms with Crippen molar-refractivity contribution in [3.8, 4) is 0 Å². The molecule has 1 rings (SSSR count). The van der Waals surface area contributed by atoms with E-state index in [2.05, 4.69) is 19.2 Å². The summed E-state index contributed by atoms with van der Waals surface area (Å²) in [4.78, 5) is 11.8. The lowest BCUT2D eigenvalue weighted by Gasteiger charge is -2.15. The summed E-state index contributed by atoms with van der Waals surface area (Å²) in [6, 6.07) is 7.50. The van der Waals surface area contributed by atoms with Crippen LogP contribution in [0.4, 0.5) is 5.69 Å². The Bertz CT molecular complexity index is 377. The minimum Gasteiger partial charge on any atom is -0.462 e. The summed E-state index contributed by atoms with van der Waals surface area (Å²) >= 11 is 0. The molecule has 100 valence electrons. The van der Waals surface area contributed by atoms with Crippen LogP contribution >= 0.6 is 0 Å². The molecular weight excluding hydrogens is 226 g/mol. The summed E-state index contributed by atoms with van der Waals surface area (Å²) in [7, 11) is 0. The molecule has 0 aromatic heterocycles. The molecule has 0 aliphatic carbocycles. The maximum absolute atomic E-state index is 11.8. The number of ether oxygens (including phenoxy) is 1. The van der Waals surface area contributed by atoms with Gasteiger partial charge in [-0.2, -0.15) is 0 Å². The highest BCUT2D eigenvalue weighted by atomic mass is 16.5. The number of esters is 1. The fraction of sp³-hybridized carbons (Fsp3) is 0.533. The van der Waals surface area contributed by atoms with Crippen molar-refractivity contribution in [2.75, 3.05) is 18.5 Å². The van der Waals surface area contributed by atoms with Crippen LogP contribution in [0.2, 0.25) is 0 Å². The molecule has 3 nitrogen and oxygen atoms in total. The Morgan fingerprint density at radius 1 is 1.33 bits per heavy atom. The van der Waals surface area contributed by atoms with Crippen LogP contribution in [0.3, 0.4) is 0 Å². The van der Waals surface area contributed by atoms with Crippen molar-refractivity contribution < 1.29 is 9.53 Å². The summed E-state index contributed by atoms with van der Waals surface area (Å²) in [6.07, 6.45) is 2.37. The second-order valence-electron chi connectivity index (χ2n) is 4.54. The van der Waals surface area contributed by atoms with E-state index in [0.717, 1.165) is 12.2 Å². The predicted molar refractivity (Wildman–Crippen MR) is 75.0 cm³/mol. The molecule has 1 aromatic carbocycles. The Labute approximate surface area is 110 Å². The van der Waals surface area contributed by atoms with Gasteiger partial charge in [0.15, 0.2) is 0 Å². The molecule has 0 saturated carbocycles. The zero-order chi connectivity index (χ0) is 13.4. The number of hydrogen-bond donors (Lipinski definition) is 1. The summed E-state index contributed by atoms with van der Waals surface area (Å²) < 4.78 is 5.04. The third-order valence-corrected chi connectivity index (χ3v) is 2.84. The molecule has 3 heteroatoms. The van der Waals surface area contributed by atoms with Crippen molar-refractivity contribution in [1.29, 1.82) is 0 Å². The van der Waals surface area contributed by atoms with Gasteiger partial charge < -0.3 is 10.1 Å². The lowest BCUT2D eigenvalue weighted by molar-refractivity contribution is 0.0527. The van der Waals surface area contributed by atoms with Gasteiger partial charge >= 0.3 is 5.97 Å². The van der Waals surface area contributed by atoms with Gasteiger partial charge in [-0.25, -0.2) is 4.79 Å². The number of nitrogens with one attached hydrogen (secondary N) is 1. The van der Waals surface area contributed by atoms with Crippen LogP contribution in [0, 0.1) is 5.92 Å². The minimum atomic E-state index is -0.260. The lowest BCUT2D eigenvalue weighted by atomic mass is 10.1. The van der Waals surface area contributed by atoms with Crippen LogP contribution in [0.5, 0.6) is 0 Å². The molecule has 1 unspecified atom stereocenters. The molecule has 0 aliphatic rings. The molecule has 0 bridgehead atoms. The fourth-order valence-corrected chi connectivity index (χ4v) is 1.90. The van der Waals surface area contributed by atoms with Crippen LogP contribution in [0.1, 0.15) is 44.0 Å². The lowest BCUT2D eigenvalue weighted by Crippen LogP contribution is -2.14. The quantitative estimate of drug-likeness (QED) is 0.749. The van der Waals surface area contributed by atoms with E-state index < -0.39 is 0 Å². The van der Waals surface area contributed by atoms with E-state index in [1.54, 1.807) is 6.07 Å². The van der Waals surface area contributed by atoms with Gasteiger partial charge in [0.2, 0.25) is 0 Å². The first-order valence-electron chi connectivity index (χ1n) is 6.69. The number of benzene rings is 1. The summed E-state index contributed by atoms with van der Waals surface area (Å²) in [5, 5.41) is 3.34. The van der Waals surface area contributed by atoms with E-state index in [1.807, 2.05) is 25.1 Å². The second kappa shape index (κ2) is 7.75. The van der Waals surface area contributed by atoms with E-state index in [9.17, 15) is 4.79 Å². The van der Waals surface area contributed by atoms with Crippen LogP contribution in [0.25, 0.3) is 0 Å². The molecule has 1 aromatic rings. The Hall–Kier alpha value is -1.51. The fourth-order valence-electron chi connectivity index (χ4n) is 1.90. The average molecular weight is 249 g/mol. The van der Waals surface area contributed by atoms with Gasteiger partial charge in [0.05, 0.1) is 12.2 Å². The standard InChI is InChI=1S/C15H23NO2/c1-4-8-12(3)11-16-14-10-7-6-9-13(14)15(17)18-5-2/h6-7,9-10,12,16H,4-5,8,11H2,1-3H3. The van der Waals surface area contributed by atoms with Crippen molar-refractivity contribution in [3.05, 3.63) is 29.8 Å². The van der Waals surface area contributed by atoms with Crippen LogP contribution in [-0.4, -0.2) is 19.1 Å². The summed E-state index contributed by atoms with van der Waals surface area (Å²) in [5.74, 6) is 0.342. The van der Waals surface area contributed by atoms with Crippen molar-refractivity contribution >= 4 is 11.7 Å². The largest absolute Gasteiger partial charge is 0.462 e. The highest BCUT2D eigenvalue weighted by molar-refractivity contribution is 5.95. The van der Waals surface area contributed by atoms with Gasteiger partial charge in [0, 0.05) is 12.2 Å². The first-order chi connectivity index (χ1) is 8.69. The van der Waals surface area contributed by atoms with Crippen molar-refractivity contribution in [3.63, 3.8) is 0 Å². The molecule has 0 fully saturated rings.